The molecule has 0 radical (unpaired) electrons. The minimum atomic E-state index is -3.00. The van der Waals surface area contributed by atoms with Crippen molar-refractivity contribution in [1.82, 2.24) is 9.36 Å². The number of anilines is 1. The standard InChI is InChI=1S/C11H17N3O3S/c1-13-10(7-2-3-7)9(12)11(15)14(13)8-4-5-18(16,17)6-8/h7-8H,2-6,12H2,1H3. The minimum absolute atomic E-state index is 0.0499. The van der Waals surface area contributed by atoms with E-state index in [4.69, 9.17) is 5.73 Å². The highest BCUT2D eigenvalue weighted by atomic mass is 32.2. The molecule has 1 aliphatic heterocycles. The number of hydrogen-bond acceptors (Lipinski definition) is 4. The molecule has 2 N–H and O–H groups in total. The van der Waals surface area contributed by atoms with E-state index in [2.05, 4.69) is 0 Å². The van der Waals surface area contributed by atoms with Crippen molar-refractivity contribution >= 4 is 15.5 Å². The third-order valence-electron chi connectivity index (χ3n) is 3.90. The summed E-state index contributed by atoms with van der Waals surface area (Å²) < 4.78 is 26.4. The van der Waals surface area contributed by atoms with Crippen LogP contribution in [0.4, 0.5) is 5.69 Å². The maximum atomic E-state index is 12.2. The second-order valence-electron chi connectivity index (χ2n) is 5.30. The fourth-order valence-corrected chi connectivity index (χ4v) is 4.57. The largest absolute Gasteiger partial charge is 0.393 e. The van der Waals surface area contributed by atoms with Crippen LogP contribution < -0.4 is 11.3 Å². The lowest BCUT2D eigenvalue weighted by Crippen LogP contribution is -2.28. The van der Waals surface area contributed by atoms with Gasteiger partial charge in [0.1, 0.15) is 5.69 Å². The average molecular weight is 271 g/mol. The highest BCUT2D eigenvalue weighted by Crippen LogP contribution is 2.42. The molecule has 1 saturated heterocycles. The Morgan fingerprint density at radius 2 is 1.94 bits per heavy atom. The van der Waals surface area contributed by atoms with E-state index in [9.17, 15) is 13.2 Å². The van der Waals surface area contributed by atoms with Gasteiger partial charge in [-0.05, 0) is 19.3 Å². The Morgan fingerprint density at radius 1 is 1.28 bits per heavy atom. The summed E-state index contributed by atoms with van der Waals surface area (Å²) in [5, 5.41) is 0. The molecule has 18 heavy (non-hydrogen) atoms. The van der Waals surface area contributed by atoms with Crippen LogP contribution in [0.1, 0.15) is 36.9 Å². The zero-order valence-electron chi connectivity index (χ0n) is 10.3. The molecule has 3 rings (SSSR count). The molecule has 1 aromatic heterocycles. The Bertz CT molecular complexity index is 652. The summed E-state index contributed by atoms with van der Waals surface area (Å²) in [4.78, 5) is 12.2. The fraction of sp³-hybridized carbons (Fsp3) is 0.727. The molecule has 1 aliphatic carbocycles. The monoisotopic (exact) mass is 271 g/mol. The van der Waals surface area contributed by atoms with Crippen molar-refractivity contribution in [3.05, 3.63) is 16.0 Å². The van der Waals surface area contributed by atoms with E-state index in [1.807, 2.05) is 0 Å². The van der Waals surface area contributed by atoms with Gasteiger partial charge < -0.3 is 5.73 Å². The van der Waals surface area contributed by atoms with Crippen LogP contribution in [0.5, 0.6) is 0 Å². The number of nitrogen functional groups attached to an aromatic ring is 1. The lowest BCUT2D eigenvalue weighted by molar-refractivity contribution is 0.410. The normalized spacial score (nSPS) is 26.6. The number of aromatic nitrogens is 2. The first-order valence-corrected chi connectivity index (χ1v) is 8.00. The van der Waals surface area contributed by atoms with Gasteiger partial charge in [-0.25, -0.2) is 13.1 Å². The van der Waals surface area contributed by atoms with Gasteiger partial charge in [-0.1, -0.05) is 0 Å². The van der Waals surface area contributed by atoms with E-state index < -0.39 is 9.84 Å². The number of sulfone groups is 1. The highest BCUT2D eigenvalue weighted by molar-refractivity contribution is 7.91. The lowest BCUT2D eigenvalue weighted by atomic mass is 10.2. The first kappa shape index (κ1) is 11.8. The van der Waals surface area contributed by atoms with E-state index in [1.165, 1.54) is 4.68 Å². The van der Waals surface area contributed by atoms with Crippen LogP contribution >= 0.6 is 0 Å². The van der Waals surface area contributed by atoms with Gasteiger partial charge in [0.05, 0.1) is 23.2 Å². The van der Waals surface area contributed by atoms with Crippen molar-refractivity contribution in [3.8, 4) is 0 Å². The number of rotatable bonds is 2. The quantitative estimate of drug-likeness (QED) is 0.820. The molecule has 2 aliphatic rings. The van der Waals surface area contributed by atoms with E-state index in [0.717, 1.165) is 18.5 Å². The molecule has 0 spiro atoms. The molecule has 1 aromatic rings. The molecule has 7 heteroatoms. The molecule has 1 saturated carbocycles. The Morgan fingerprint density at radius 3 is 2.44 bits per heavy atom. The molecule has 0 amide bonds. The SMILES string of the molecule is Cn1c(C2CC2)c(N)c(=O)n1C1CCS(=O)(=O)C1. The zero-order valence-corrected chi connectivity index (χ0v) is 11.1. The van der Waals surface area contributed by atoms with Crippen LogP contribution in [0, 0.1) is 0 Å². The van der Waals surface area contributed by atoms with Crippen molar-refractivity contribution in [1.29, 1.82) is 0 Å². The summed E-state index contributed by atoms with van der Waals surface area (Å²) in [7, 11) is -1.20. The van der Waals surface area contributed by atoms with Gasteiger partial charge in [-0.15, -0.1) is 0 Å². The van der Waals surface area contributed by atoms with Crippen LogP contribution in [-0.2, 0) is 16.9 Å². The maximum Gasteiger partial charge on any atom is 0.290 e. The molecular formula is C11H17N3O3S. The van der Waals surface area contributed by atoms with E-state index in [-0.39, 0.29) is 23.1 Å². The molecule has 6 nitrogen and oxygen atoms in total. The van der Waals surface area contributed by atoms with Crippen LogP contribution in [0.25, 0.3) is 0 Å². The minimum Gasteiger partial charge on any atom is -0.393 e. The third-order valence-corrected chi connectivity index (χ3v) is 5.65. The lowest BCUT2D eigenvalue weighted by Gasteiger charge is -2.14. The van der Waals surface area contributed by atoms with Crippen molar-refractivity contribution in [2.24, 2.45) is 7.05 Å². The molecule has 100 valence electrons. The molecule has 1 atom stereocenters. The van der Waals surface area contributed by atoms with Crippen LogP contribution in [-0.4, -0.2) is 29.3 Å². The van der Waals surface area contributed by atoms with Crippen molar-refractivity contribution in [2.75, 3.05) is 17.2 Å². The predicted octanol–water partition coefficient (Wildman–Crippen LogP) is 0.00600. The summed E-state index contributed by atoms with van der Waals surface area (Å²) in [5.74, 6) is 0.587. The van der Waals surface area contributed by atoms with Crippen LogP contribution in [0.3, 0.4) is 0 Å². The second-order valence-corrected chi connectivity index (χ2v) is 7.53. The van der Waals surface area contributed by atoms with E-state index in [0.29, 0.717) is 18.0 Å². The summed E-state index contributed by atoms with van der Waals surface area (Å²) >= 11 is 0. The van der Waals surface area contributed by atoms with Gasteiger partial charge in [0.2, 0.25) is 0 Å². The molecular weight excluding hydrogens is 254 g/mol. The van der Waals surface area contributed by atoms with Gasteiger partial charge in [0.15, 0.2) is 9.84 Å². The van der Waals surface area contributed by atoms with Crippen molar-refractivity contribution in [3.63, 3.8) is 0 Å². The first-order chi connectivity index (χ1) is 8.41. The zero-order chi connectivity index (χ0) is 13.1. The molecule has 2 heterocycles. The summed E-state index contributed by atoms with van der Waals surface area (Å²) in [6.45, 7) is 0. The number of nitrogens with zero attached hydrogens (tertiary/aromatic N) is 2. The first-order valence-electron chi connectivity index (χ1n) is 6.18. The highest BCUT2D eigenvalue weighted by Gasteiger charge is 2.36. The molecule has 1 unspecified atom stereocenters. The van der Waals surface area contributed by atoms with Crippen molar-refractivity contribution < 1.29 is 8.42 Å². The summed E-state index contributed by atoms with van der Waals surface area (Å²) in [6, 6.07) is -0.262. The summed E-state index contributed by atoms with van der Waals surface area (Å²) in [6.07, 6.45) is 2.62. The second kappa shape index (κ2) is 3.63. The van der Waals surface area contributed by atoms with Crippen molar-refractivity contribution in [2.45, 2.75) is 31.2 Å². The predicted molar refractivity (Wildman–Crippen MR) is 68.4 cm³/mol. The number of hydrogen-bond donors (Lipinski definition) is 1. The van der Waals surface area contributed by atoms with Crippen LogP contribution in [0.2, 0.25) is 0 Å². The smallest absolute Gasteiger partial charge is 0.290 e. The Labute approximate surface area is 105 Å². The Hall–Kier alpha value is -1.24. The molecule has 0 aromatic carbocycles. The average Bonchev–Trinajstić information content (AvgIpc) is 3.00. The van der Waals surface area contributed by atoms with Gasteiger partial charge in [-0.2, -0.15) is 0 Å². The molecule has 2 fully saturated rings. The fourth-order valence-electron chi connectivity index (χ4n) is 2.88. The maximum absolute atomic E-state index is 12.2. The Kier molecular flexibility index (Phi) is 2.38. The molecule has 0 bridgehead atoms. The van der Waals surface area contributed by atoms with E-state index in [1.54, 1.807) is 11.7 Å². The summed E-state index contributed by atoms with van der Waals surface area (Å²) in [5.41, 5.74) is 6.82. The van der Waals surface area contributed by atoms with Gasteiger partial charge in [0.25, 0.3) is 5.56 Å². The third kappa shape index (κ3) is 1.68. The van der Waals surface area contributed by atoms with Gasteiger partial charge in [-0.3, -0.25) is 9.48 Å². The topological polar surface area (TPSA) is 87.1 Å². The van der Waals surface area contributed by atoms with Crippen LogP contribution in [0.15, 0.2) is 4.79 Å². The Balaban J connectivity index is 2.08. The number of nitrogens with two attached hydrogens (primary N) is 1. The van der Waals surface area contributed by atoms with E-state index >= 15 is 0 Å². The van der Waals surface area contributed by atoms with Gasteiger partial charge >= 0.3 is 0 Å². The van der Waals surface area contributed by atoms with Gasteiger partial charge in [0, 0.05) is 13.0 Å².